The average molecular weight is 428 g/mol. The molecule has 0 radical (unpaired) electrons. The molecule has 31 heavy (non-hydrogen) atoms. The number of hydrogen-bond donors (Lipinski definition) is 0. The predicted molar refractivity (Wildman–Crippen MR) is 122 cm³/mol. The molecule has 0 spiro atoms. The maximum Gasteiger partial charge on any atom is 0.168 e. The zero-order chi connectivity index (χ0) is 22.6. The van der Waals surface area contributed by atoms with Crippen LogP contribution in [0.15, 0.2) is 36.4 Å². The molecule has 6 nitrogen and oxygen atoms in total. The van der Waals surface area contributed by atoms with Crippen LogP contribution in [0, 0.1) is 0 Å². The van der Waals surface area contributed by atoms with Crippen LogP contribution in [-0.2, 0) is 10.3 Å². The number of nitrogens with zero attached hydrogens (tertiary/aromatic N) is 1. The third kappa shape index (κ3) is 4.50. The molecule has 0 saturated carbocycles. The molecule has 0 N–H and O–H groups in total. The maximum absolute atomic E-state index is 6.43. The van der Waals surface area contributed by atoms with Gasteiger partial charge in [-0.15, -0.1) is 0 Å². The summed E-state index contributed by atoms with van der Waals surface area (Å²) in [5.41, 5.74) is 2.23. The van der Waals surface area contributed by atoms with Gasteiger partial charge in [0, 0.05) is 19.2 Å². The highest BCUT2D eigenvalue weighted by atomic mass is 16.6. The summed E-state index contributed by atoms with van der Waals surface area (Å²) in [5.74, 6) is 2.76. The summed E-state index contributed by atoms with van der Waals surface area (Å²) in [7, 11) is 9.03. The first kappa shape index (κ1) is 23.0. The van der Waals surface area contributed by atoms with Crippen LogP contribution in [0.4, 0.5) is 0 Å². The Balaban J connectivity index is 1.98. The number of methoxy groups -OCH3 is 3. The molecule has 1 aliphatic rings. The second kappa shape index (κ2) is 9.62. The summed E-state index contributed by atoms with van der Waals surface area (Å²) >= 11 is 0. The van der Waals surface area contributed by atoms with Crippen molar-refractivity contribution in [3.05, 3.63) is 53.1 Å². The van der Waals surface area contributed by atoms with Crippen LogP contribution in [-0.4, -0.2) is 53.5 Å². The Bertz CT molecular complexity index is 940. The number of fused-ring (bicyclic) bond motifs is 1. The van der Waals surface area contributed by atoms with Crippen molar-refractivity contribution < 1.29 is 23.7 Å². The number of hydrogen-bond acceptors (Lipinski definition) is 6. The molecule has 2 atom stereocenters. The zero-order valence-electron chi connectivity index (χ0n) is 19.5. The number of likely N-dealkylation sites (N-methyl/N-ethyl adjacent to an activating group) is 1. The van der Waals surface area contributed by atoms with E-state index in [-0.39, 0.29) is 6.10 Å². The molecule has 6 heteroatoms. The highest BCUT2D eigenvalue weighted by Crippen LogP contribution is 2.55. The molecule has 2 aromatic carbocycles. The SMILES string of the molecule is C/C=C/c1cc(OC)c2c(c1)C(C)(OC)C(c1ccc(OCCN(C)C)c(OC)c1)O2. The lowest BCUT2D eigenvalue weighted by atomic mass is 9.86. The van der Waals surface area contributed by atoms with Crippen molar-refractivity contribution in [2.45, 2.75) is 25.6 Å². The van der Waals surface area contributed by atoms with E-state index in [1.54, 1.807) is 21.3 Å². The summed E-state index contributed by atoms with van der Waals surface area (Å²) in [5, 5.41) is 0. The van der Waals surface area contributed by atoms with Gasteiger partial charge in [-0.2, -0.15) is 0 Å². The predicted octanol–water partition coefficient (Wildman–Crippen LogP) is 4.67. The van der Waals surface area contributed by atoms with Crippen LogP contribution in [0.2, 0.25) is 0 Å². The molecule has 2 aromatic rings. The van der Waals surface area contributed by atoms with Crippen molar-refractivity contribution in [3.63, 3.8) is 0 Å². The minimum Gasteiger partial charge on any atom is -0.493 e. The van der Waals surface area contributed by atoms with Crippen LogP contribution in [0.25, 0.3) is 6.08 Å². The Morgan fingerprint density at radius 1 is 1.03 bits per heavy atom. The van der Waals surface area contributed by atoms with Crippen molar-refractivity contribution >= 4 is 6.08 Å². The third-order valence-electron chi connectivity index (χ3n) is 5.64. The monoisotopic (exact) mass is 427 g/mol. The highest BCUT2D eigenvalue weighted by Gasteiger charge is 2.48. The Morgan fingerprint density at radius 2 is 1.77 bits per heavy atom. The lowest BCUT2D eigenvalue weighted by molar-refractivity contribution is -0.0623. The van der Waals surface area contributed by atoms with Crippen molar-refractivity contribution in [1.29, 1.82) is 0 Å². The van der Waals surface area contributed by atoms with Gasteiger partial charge in [0.15, 0.2) is 29.1 Å². The smallest absolute Gasteiger partial charge is 0.168 e. The van der Waals surface area contributed by atoms with Crippen molar-refractivity contribution in [2.24, 2.45) is 0 Å². The first-order valence-corrected chi connectivity index (χ1v) is 10.4. The van der Waals surface area contributed by atoms with Gasteiger partial charge in [0.1, 0.15) is 12.2 Å². The Kier molecular flexibility index (Phi) is 7.13. The van der Waals surface area contributed by atoms with E-state index < -0.39 is 5.60 Å². The molecule has 168 valence electrons. The third-order valence-corrected chi connectivity index (χ3v) is 5.64. The van der Waals surface area contributed by atoms with E-state index in [4.69, 9.17) is 23.7 Å². The van der Waals surface area contributed by atoms with E-state index in [0.29, 0.717) is 29.6 Å². The summed E-state index contributed by atoms with van der Waals surface area (Å²) in [4.78, 5) is 2.07. The minimum absolute atomic E-state index is 0.369. The molecule has 0 saturated heterocycles. The zero-order valence-corrected chi connectivity index (χ0v) is 19.5. The Morgan fingerprint density at radius 3 is 2.39 bits per heavy atom. The van der Waals surface area contributed by atoms with E-state index >= 15 is 0 Å². The van der Waals surface area contributed by atoms with Crippen LogP contribution in [0.3, 0.4) is 0 Å². The van der Waals surface area contributed by atoms with Crippen molar-refractivity contribution in [2.75, 3.05) is 48.6 Å². The molecule has 3 rings (SSSR count). The Hall–Kier alpha value is -2.70. The van der Waals surface area contributed by atoms with E-state index in [1.807, 2.05) is 64.4 Å². The van der Waals surface area contributed by atoms with Crippen LogP contribution >= 0.6 is 0 Å². The Labute approximate surface area is 185 Å². The molecular weight excluding hydrogens is 394 g/mol. The van der Waals surface area contributed by atoms with Gasteiger partial charge >= 0.3 is 0 Å². The van der Waals surface area contributed by atoms with Gasteiger partial charge in [-0.3, -0.25) is 0 Å². The summed E-state index contributed by atoms with van der Waals surface area (Å²) in [6, 6.07) is 9.95. The first-order chi connectivity index (χ1) is 14.9. The van der Waals surface area contributed by atoms with Gasteiger partial charge < -0.3 is 28.6 Å². The van der Waals surface area contributed by atoms with Gasteiger partial charge in [0.25, 0.3) is 0 Å². The minimum atomic E-state index is -0.696. The van der Waals surface area contributed by atoms with Crippen LogP contribution < -0.4 is 18.9 Å². The number of ether oxygens (including phenoxy) is 5. The summed E-state index contributed by atoms with van der Waals surface area (Å²) in [6.45, 7) is 5.43. The molecule has 1 heterocycles. The summed E-state index contributed by atoms with van der Waals surface area (Å²) in [6.07, 6.45) is 3.67. The van der Waals surface area contributed by atoms with E-state index in [9.17, 15) is 0 Å². The fourth-order valence-electron chi connectivity index (χ4n) is 3.83. The molecular formula is C25H33NO5. The largest absolute Gasteiger partial charge is 0.493 e. The molecule has 1 aliphatic heterocycles. The van der Waals surface area contributed by atoms with Gasteiger partial charge in [-0.1, -0.05) is 18.2 Å². The normalized spacial score (nSPS) is 20.1. The topological polar surface area (TPSA) is 49.4 Å². The molecule has 0 fully saturated rings. The highest BCUT2D eigenvalue weighted by molar-refractivity contribution is 5.63. The molecule has 0 amide bonds. The molecule has 0 aromatic heterocycles. The fourth-order valence-corrected chi connectivity index (χ4v) is 3.83. The van der Waals surface area contributed by atoms with Crippen LogP contribution in [0.5, 0.6) is 23.0 Å². The number of allylic oxidation sites excluding steroid dienone is 1. The average Bonchev–Trinajstić information content (AvgIpc) is 3.06. The lowest BCUT2D eigenvalue weighted by Crippen LogP contribution is -2.30. The van der Waals surface area contributed by atoms with E-state index in [1.165, 1.54) is 0 Å². The van der Waals surface area contributed by atoms with Gasteiger partial charge in [0.2, 0.25) is 0 Å². The van der Waals surface area contributed by atoms with Gasteiger partial charge in [-0.25, -0.2) is 0 Å². The molecule has 2 unspecified atom stereocenters. The van der Waals surface area contributed by atoms with E-state index in [0.717, 1.165) is 23.2 Å². The number of rotatable bonds is 9. The van der Waals surface area contributed by atoms with Crippen molar-refractivity contribution in [1.82, 2.24) is 4.90 Å². The van der Waals surface area contributed by atoms with Crippen molar-refractivity contribution in [3.8, 4) is 23.0 Å². The lowest BCUT2D eigenvalue weighted by Gasteiger charge is -2.29. The molecule has 0 bridgehead atoms. The summed E-state index contributed by atoms with van der Waals surface area (Å²) < 4.78 is 29.6. The van der Waals surface area contributed by atoms with Gasteiger partial charge in [0.05, 0.1) is 14.2 Å². The second-order valence-electron chi connectivity index (χ2n) is 7.97. The van der Waals surface area contributed by atoms with E-state index in [2.05, 4.69) is 11.0 Å². The fraction of sp³-hybridized carbons (Fsp3) is 0.440. The number of benzene rings is 2. The maximum atomic E-state index is 6.43. The van der Waals surface area contributed by atoms with Crippen LogP contribution in [0.1, 0.15) is 36.6 Å². The quantitative estimate of drug-likeness (QED) is 0.580. The van der Waals surface area contributed by atoms with Gasteiger partial charge in [-0.05, 0) is 63.3 Å². The molecule has 0 aliphatic carbocycles. The standard InChI is InChI=1S/C25H33NO5/c1-8-9-17-14-19-23(22(15-17)28-6)31-24(25(19,2)29-7)18-10-11-20(21(16-18)27-5)30-13-12-26(3)4/h8-11,14-16,24H,12-13H2,1-7H3/b9-8+. The first-order valence-electron chi connectivity index (χ1n) is 10.4. The second-order valence-corrected chi connectivity index (χ2v) is 7.97.